The Bertz CT molecular complexity index is 856. The van der Waals surface area contributed by atoms with Gasteiger partial charge in [-0.1, -0.05) is 17.7 Å². The molecule has 2 aromatic carbocycles. The van der Waals surface area contributed by atoms with Crippen LogP contribution in [0.15, 0.2) is 47.4 Å². The van der Waals surface area contributed by atoms with Gasteiger partial charge in [0.05, 0.1) is 0 Å². The SMILES string of the molecule is Cc1ccc(C(=O)NC(=S)N2CCCc3cc(SC#N)ccc32)cc1. The summed E-state index contributed by atoms with van der Waals surface area (Å²) in [6, 6.07) is 13.3. The summed E-state index contributed by atoms with van der Waals surface area (Å²) >= 11 is 6.62. The number of thiocyanates is 1. The second-order valence-corrected chi connectivity index (χ2v) is 7.11. The van der Waals surface area contributed by atoms with Crippen molar-refractivity contribution < 1.29 is 4.79 Å². The van der Waals surface area contributed by atoms with E-state index in [0.717, 1.165) is 52.9 Å². The van der Waals surface area contributed by atoms with Crippen LogP contribution in [0.1, 0.15) is 27.9 Å². The van der Waals surface area contributed by atoms with Gasteiger partial charge in [0.2, 0.25) is 0 Å². The Labute approximate surface area is 156 Å². The molecule has 0 saturated heterocycles. The van der Waals surface area contributed by atoms with Crippen molar-refractivity contribution in [1.29, 1.82) is 5.26 Å². The van der Waals surface area contributed by atoms with Crippen LogP contribution >= 0.6 is 24.0 Å². The molecule has 1 aliphatic rings. The van der Waals surface area contributed by atoms with Crippen LogP contribution in [0.3, 0.4) is 0 Å². The Hall–Kier alpha value is -2.36. The molecule has 0 aliphatic carbocycles. The average Bonchev–Trinajstić information content (AvgIpc) is 2.61. The lowest BCUT2D eigenvalue weighted by Gasteiger charge is -2.31. The van der Waals surface area contributed by atoms with Crippen molar-refractivity contribution in [2.75, 3.05) is 11.4 Å². The molecule has 6 heteroatoms. The van der Waals surface area contributed by atoms with Gasteiger partial charge in [0.25, 0.3) is 5.91 Å². The molecule has 25 heavy (non-hydrogen) atoms. The number of thiocarbonyl (C=S) groups is 1. The predicted molar refractivity (Wildman–Crippen MR) is 105 cm³/mol. The summed E-state index contributed by atoms with van der Waals surface area (Å²) in [5.41, 5.74) is 3.85. The standard InChI is InChI=1S/C19H17N3OS2/c1-13-4-6-14(7-5-13)18(23)21-19(24)22-10-2-3-15-11-16(25-12-20)8-9-17(15)22/h4-9,11H,2-3,10H2,1H3,(H,21,23,24). The Kier molecular flexibility index (Phi) is 5.37. The van der Waals surface area contributed by atoms with Crippen LogP contribution in [0.2, 0.25) is 0 Å². The van der Waals surface area contributed by atoms with Crippen LogP contribution in [-0.2, 0) is 6.42 Å². The van der Waals surface area contributed by atoms with Gasteiger partial charge in [-0.05, 0) is 79.6 Å². The van der Waals surface area contributed by atoms with Crippen molar-refractivity contribution in [3.05, 3.63) is 59.2 Å². The molecule has 0 unspecified atom stereocenters. The van der Waals surface area contributed by atoms with Crippen molar-refractivity contribution >= 4 is 40.7 Å². The number of hydrogen-bond donors (Lipinski definition) is 1. The van der Waals surface area contributed by atoms with E-state index >= 15 is 0 Å². The van der Waals surface area contributed by atoms with Gasteiger partial charge in [-0.2, -0.15) is 5.26 Å². The van der Waals surface area contributed by atoms with E-state index < -0.39 is 0 Å². The first-order chi connectivity index (χ1) is 12.1. The number of anilines is 1. The van der Waals surface area contributed by atoms with Gasteiger partial charge in [0.1, 0.15) is 5.40 Å². The van der Waals surface area contributed by atoms with Gasteiger partial charge in [-0.15, -0.1) is 0 Å². The molecule has 3 rings (SSSR count). The Morgan fingerprint density at radius 3 is 2.76 bits per heavy atom. The van der Waals surface area contributed by atoms with Crippen molar-refractivity contribution in [1.82, 2.24) is 5.32 Å². The van der Waals surface area contributed by atoms with E-state index in [1.807, 2.05) is 42.2 Å². The molecule has 1 amide bonds. The van der Waals surface area contributed by atoms with E-state index in [4.69, 9.17) is 17.5 Å². The predicted octanol–water partition coefficient (Wildman–Crippen LogP) is 4.04. The third-order valence-electron chi connectivity index (χ3n) is 4.11. The Balaban J connectivity index is 1.76. The fraction of sp³-hybridized carbons (Fsp3) is 0.211. The van der Waals surface area contributed by atoms with Crippen LogP contribution < -0.4 is 10.2 Å². The van der Waals surface area contributed by atoms with Crippen LogP contribution in [0.5, 0.6) is 0 Å². The maximum Gasteiger partial charge on any atom is 0.257 e. The number of hydrogen-bond acceptors (Lipinski definition) is 4. The summed E-state index contributed by atoms with van der Waals surface area (Å²) in [7, 11) is 0. The lowest BCUT2D eigenvalue weighted by atomic mass is 10.0. The number of nitrogens with one attached hydrogen (secondary N) is 1. The van der Waals surface area contributed by atoms with Gasteiger partial charge in [-0.25, -0.2) is 0 Å². The van der Waals surface area contributed by atoms with Gasteiger partial charge in [-0.3, -0.25) is 10.1 Å². The van der Waals surface area contributed by atoms with E-state index in [-0.39, 0.29) is 5.91 Å². The molecule has 0 bridgehead atoms. The normalized spacial score (nSPS) is 12.9. The highest BCUT2D eigenvalue weighted by molar-refractivity contribution is 8.03. The lowest BCUT2D eigenvalue weighted by molar-refractivity contribution is 0.0977. The highest BCUT2D eigenvalue weighted by Crippen LogP contribution is 2.31. The third kappa shape index (κ3) is 4.01. The number of amides is 1. The minimum absolute atomic E-state index is 0.200. The monoisotopic (exact) mass is 367 g/mol. The zero-order valence-electron chi connectivity index (χ0n) is 13.8. The number of aryl methyl sites for hydroxylation is 2. The van der Waals surface area contributed by atoms with Crippen LogP contribution in [-0.4, -0.2) is 17.6 Å². The quantitative estimate of drug-likeness (QED) is 0.493. The van der Waals surface area contributed by atoms with E-state index in [2.05, 4.69) is 10.7 Å². The average molecular weight is 367 g/mol. The van der Waals surface area contributed by atoms with Gasteiger partial charge in [0.15, 0.2) is 5.11 Å². The molecule has 0 saturated carbocycles. The highest BCUT2D eigenvalue weighted by Gasteiger charge is 2.22. The molecule has 2 aromatic rings. The largest absolute Gasteiger partial charge is 0.318 e. The van der Waals surface area contributed by atoms with Gasteiger partial charge < -0.3 is 4.90 Å². The summed E-state index contributed by atoms with van der Waals surface area (Å²) in [5.74, 6) is -0.200. The highest BCUT2D eigenvalue weighted by atomic mass is 32.2. The number of nitrogens with zero attached hydrogens (tertiary/aromatic N) is 2. The number of fused-ring (bicyclic) bond motifs is 1. The Morgan fingerprint density at radius 1 is 1.28 bits per heavy atom. The molecule has 126 valence electrons. The maximum absolute atomic E-state index is 12.4. The maximum atomic E-state index is 12.4. The molecule has 1 heterocycles. The molecule has 0 aromatic heterocycles. The molecule has 0 atom stereocenters. The molecule has 1 aliphatic heterocycles. The van der Waals surface area contributed by atoms with Crippen LogP contribution in [0.4, 0.5) is 5.69 Å². The van der Waals surface area contributed by atoms with E-state index in [1.54, 1.807) is 12.1 Å². The van der Waals surface area contributed by atoms with E-state index in [0.29, 0.717) is 10.7 Å². The summed E-state index contributed by atoms with van der Waals surface area (Å²) in [5, 5.41) is 14.2. The van der Waals surface area contributed by atoms with Crippen LogP contribution in [0.25, 0.3) is 0 Å². The molecule has 0 fully saturated rings. The molecular formula is C19H17N3OS2. The summed E-state index contributed by atoms with van der Waals surface area (Å²) in [6.07, 6.45) is 1.90. The second kappa shape index (κ2) is 7.68. The minimum atomic E-state index is -0.200. The van der Waals surface area contributed by atoms with E-state index in [1.165, 1.54) is 0 Å². The first-order valence-electron chi connectivity index (χ1n) is 7.97. The smallest absolute Gasteiger partial charge is 0.257 e. The second-order valence-electron chi connectivity index (χ2n) is 5.86. The topological polar surface area (TPSA) is 56.1 Å². The third-order valence-corrected chi connectivity index (χ3v) is 5.02. The fourth-order valence-electron chi connectivity index (χ4n) is 2.84. The van der Waals surface area contributed by atoms with Crippen LogP contribution in [0, 0.1) is 17.6 Å². The number of benzene rings is 2. The molecular weight excluding hydrogens is 350 g/mol. The van der Waals surface area contributed by atoms with Crippen molar-refractivity contribution in [2.45, 2.75) is 24.7 Å². The Morgan fingerprint density at radius 2 is 2.04 bits per heavy atom. The fourth-order valence-corrected chi connectivity index (χ4v) is 3.57. The zero-order chi connectivity index (χ0) is 17.8. The molecule has 4 nitrogen and oxygen atoms in total. The number of carbonyl (C=O) groups excluding carboxylic acids is 1. The van der Waals surface area contributed by atoms with Crippen molar-refractivity contribution in [3.8, 4) is 5.40 Å². The summed E-state index contributed by atoms with van der Waals surface area (Å²) < 4.78 is 0. The van der Waals surface area contributed by atoms with Crippen molar-refractivity contribution in [2.24, 2.45) is 0 Å². The minimum Gasteiger partial charge on any atom is -0.318 e. The summed E-state index contributed by atoms with van der Waals surface area (Å²) in [6.45, 7) is 2.75. The van der Waals surface area contributed by atoms with Gasteiger partial charge in [0, 0.05) is 22.7 Å². The first-order valence-corrected chi connectivity index (χ1v) is 9.19. The molecule has 1 N–H and O–H groups in total. The first kappa shape index (κ1) is 17.5. The molecule has 0 radical (unpaired) electrons. The summed E-state index contributed by atoms with van der Waals surface area (Å²) in [4.78, 5) is 15.3. The number of rotatable bonds is 2. The lowest BCUT2D eigenvalue weighted by Crippen LogP contribution is -2.45. The number of nitriles is 1. The number of thioether (sulfide) groups is 1. The number of carbonyl (C=O) groups is 1. The molecule has 0 spiro atoms. The van der Waals surface area contributed by atoms with Crippen molar-refractivity contribution in [3.63, 3.8) is 0 Å². The van der Waals surface area contributed by atoms with E-state index in [9.17, 15) is 4.79 Å². The van der Waals surface area contributed by atoms with Gasteiger partial charge >= 0.3 is 0 Å². The zero-order valence-corrected chi connectivity index (χ0v) is 15.4.